The molecule has 3 aromatic rings. The van der Waals surface area contributed by atoms with Crippen LogP contribution in [0.4, 0.5) is 30.6 Å². The Morgan fingerprint density at radius 1 is 0.824 bits per heavy atom. The number of halogens is 3. The molecule has 1 aromatic heterocycles. The second-order valence-corrected chi connectivity index (χ2v) is 17.9. The molecule has 0 radical (unpaired) electrons. The Balaban J connectivity index is 0.660. The number of hydrogen-bond acceptors (Lipinski definition) is 16. The van der Waals surface area contributed by atoms with Gasteiger partial charge in [-0.15, -0.1) is 13.2 Å². The summed E-state index contributed by atoms with van der Waals surface area (Å²) in [6.45, 7) is 5.14. The molecular weight excluding hydrogens is 892 g/mol. The van der Waals surface area contributed by atoms with E-state index in [1.165, 1.54) is 37.2 Å². The van der Waals surface area contributed by atoms with E-state index in [2.05, 4.69) is 47.4 Å². The van der Waals surface area contributed by atoms with Crippen molar-refractivity contribution in [3.63, 3.8) is 0 Å². The first-order chi connectivity index (χ1) is 32.9. The van der Waals surface area contributed by atoms with Gasteiger partial charge in [-0.05, 0) is 79.9 Å². The second-order valence-electron chi connectivity index (χ2n) is 17.9. The van der Waals surface area contributed by atoms with Crippen molar-refractivity contribution < 1.29 is 56.0 Å². The summed E-state index contributed by atoms with van der Waals surface area (Å²) in [6, 6.07) is 12.3. The third-order valence-corrected chi connectivity index (χ3v) is 13.3. The van der Waals surface area contributed by atoms with Crippen LogP contribution in [0, 0.1) is 34.5 Å². The van der Waals surface area contributed by atoms with Crippen molar-refractivity contribution in [2.75, 3.05) is 88.4 Å². The fraction of sp³-hybridized carbons (Fsp3) is 0.553. The molecule has 3 heterocycles. The number of carbonyl (C=O) groups is 4. The van der Waals surface area contributed by atoms with Crippen LogP contribution in [-0.2, 0) is 35.1 Å². The number of imide groups is 2. The number of rotatable bonds is 25. The maximum atomic E-state index is 13.2. The molecule has 4 amide bonds. The molecule has 2 aliphatic heterocycles. The molecule has 5 N–H and O–H groups in total. The smallest absolute Gasteiger partial charge is 0.405 e. The van der Waals surface area contributed by atoms with Gasteiger partial charge in [-0.2, -0.15) is 10.2 Å². The molecule has 68 heavy (non-hydrogen) atoms. The van der Waals surface area contributed by atoms with E-state index >= 15 is 0 Å². The van der Waals surface area contributed by atoms with E-state index in [4.69, 9.17) is 18.9 Å². The first kappa shape index (κ1) is 48.5. The molecule has 6 atom stereocenters. The van der Waals surface area contributed by atoms with E-state index in [1.807, 2.05) is 0 Å². The van der Waals surface area contributed by atoms with E-state index in [0.29, 0.717) is 107 Å². The van der Waals surface area contributed by atoms with E-state index < -0.39 is 36.0 Å². The van der Waals surface area contributed by atoms with E-state index in [1.54, 1.807) is 24.3 Å². The van der Waals surface area contributed by atoms with Gasteiger partial charge < -0.3 is 45.0 Å². The Kier molecular flexibility index (Phi) is 15.7. The number of carbonyl (C=O) groups excluding carboxylic acids is 4. The average molecular weight is 948 g/mol. The van der Waals surface area contributed by atoms with Crippen LogP contribution in [0.2, 0.25) is 0 Å². The molecule has 9 rings (SSSR count). The number of anilines is 3. The molecule has 4 aliphatic carbocycles. The lowest BCUT2D eigenvalue weighted by atomic mass is 9.48. The minimum absolute atomic E-state index is 0.00605. The number of piperidine rings is 1. The van der Waals surface area contributed by atoms with E-state index in [-0.39, 0.29) is 53.2 Å². The van der Waals surface area contributed by atoms with Gasteiger partial charge in [0.05, 0.1) is 70.2 Å². The number of nitrogens with zero attached hydrogens (tertiary/aromatic N) is 4. The van der Waals surface area contributed by atoms with Gasteiger partial charge in [0.15, 0.2) is 0 Å². The molecule has 6 aliphatic rings. The van der Waals surface area contributed by atoms with Crippen molar-refractivity contribution >= 4 is 41.1 Å². The van der Waals surface area contributed by atoms with E-state index in [0.717, 1.165) is 30.7 Å². The minimum atomic E-state index is -4.82. The Morgan fingerprint density at radius 2 is 1.51 bits per heavy atom. The maximum absolute atomic E-state index is 13.2. The number of ether oxygens (including phenoxy) is 5. The molecule has 4 bridgehead atoms. The van der Waals surface area contributed by atoms with Crippen LogP contribution >= 0.6 is 0 Å². The van der Waals surface area contributed by atoms with Gasteiger partial charge in [0.2, 0.25) is 17.8 Å². The van der Waals surface area contributed by atoms with Crippen LogP contribution in [0.1, 0.15) is 76.8 Å². The number of amides is 4. The lowest BCUT2D eigenvalue weighted by Gasteiger charge is -2.60. The van der Waals surface area contributed by atoms with Crippen molar-refractivity contribution in [3.8, 4) is 11.8 Å². The van der Waals surface area contributed by atoms with Gasteiger partial charge in [-0.3, -0.25) is 29.4 Å². The van der Waals surface area contributed by atoms with Gasteiger partial charge in [0.1, 0.15) is 29.2 Å². The number of alkyl halides is 3. The molecule has 4 unspecified atom stereocenters. The van der Waals surface area contributed by atoms with Gasteiger partial charge in [0.25, 0.3) is 11.8 Å². The summed E-state index contributed by atoms with van der Waals surface area (Å²) < 4.78 is 65.7. The Bertz CT molecular complexity index is 2330. The molecule has 5 fully saturated rings. The van der Waals surface area contributed by atoms with Gasteiger partial charge in [0, 0.05) is 49.9 Å². The zero-order valence-electron chi connectivity index (χ0n) is 37.5. The zero-order valence-corrected chi connectivity index (χ0v) is 37.5. The molecule has 2 aromatic carbocycles. The lowest BCUT2D eigenvalue weighted by molar-refractivity contribution is -0.274. The van der Waals surface area contributed by atoms with Crippen LogP contribution in [0.25, 0.3) is 0 Å². The van der Waals surface area contributed by atoms with Crippen molar-refractivity contribution in [1.29, 1.82) is 5.26 Å². The molecular formula is C47H56F3N9O9. The number of hydrogen-bond donors (Lipinski definition) is 5. The number of benzene rings is 2. The topological polar surface area (TPSA) is 227 Å². The number of aromatic nitrogens is 2. The van der Waals surface area contributed by atoms with Crippen molar-refractivity contribution in [2.24, 2.45) is 23.2 Å². The molecule has 0 spiro atoms. The van der Waals surface area contributed by atoms with Crippen LogP contribution in [0.15, 0.2) is 48.7 Å². The fourth-order valence-electron chi connectivity index (χ4n) is 10.7. The van der Waals surface area contributed by atoms with Gasteiger partial charge >= 0.3 is 6.36 Å². The molecule has 364 valence electrons. The maximum Gasteiger partial charge on any atom is 0.573 e. The highest BCUT2D eigenvalue weighted by Crippen LogP contribution is 2.60. The summed E-state index contributed by atoms with van der Waals surface area (Å²) in [5.74, 6) is -0.183. The highest BCUT2D eigenvalue weighted by atomic mass is 19.4. The highest BCUT2D eigenvalue weighted by Gasteiger charge is 2.55. The molecule has 4 saturated carbocycles. The van der Waals surface area contributed by atoms with Crippen LogP contribution in [-0.4, -0.2) is 129 Å². The monoisotopic (exact) mass is 947 g/mol. The third-order valence-electron chi connectivity index (χ3n) is 13.3. The number of nitrogens with one attached hydrogen (secondary N) is 5. The molecule has 18 nitrogen and oxygen atoms in total. The van der Waals surface area contributed by atoms with E-state index in [9.17, 15) is 37.6 Å². The fourth-order valence-corrected chi connectivity index (χ4v) is 10.7. The zero-order chi connectivity index (χ0) is 47.7. The van der Waals surface area contributed by atoms with Gasteiger partial charge in [-0.25, -0.2) is 4.98 Å². The summed E-state index contributed by atoms with van der Waals surface area (Å²) in [7, 11) is 0. The Morgan fingerprint density at radius 3 is 2.21 bits per heavy atom. The quantitative estimate of drug-likeness (QED) is 0.0576. The summed E-state index contributed by atoms with van der Waals surface area (Å²) >= 11 is 0. The van der Waals surface area contributed by atoms with Crippen molar-refractivity contribution in [3.05, 3.63) is 70.9 Å². The standard InChI is InChI=1S/C47H56F3N9O9/c48-47(49,50)68-37-7-2-1-4-30(37)26-54-45-55-27-33(25-51)41(58-45)56-28-46-22-29-20-31(23-46)40(32(21-29)24-46)53-11-13-65-15-17-67-19-18-66-16-14-64-12-10-52-35-6-3-5-34-39(35)44(63)59(43(34)62)36-8-9-38(60)57-42(36)61/h1-7,27,29,31-32,36,40,52-53H,8-24,26,28H2,(H,57,60,61)(H2,54,55,56,58)/t29?,31-,32+,36?,40?,46?. The van der Waals surface area contributed by atoms with Crippen molar-refractivity contribution in [2.45, 2.75) is 69.9 Å². The molecule has 1 saturated heterocycles. The Hall–Kier alpha value is -5.92. The summed E-state index contributed by atoms with van der Waals surface area (Å²) in [5, 5.41) is 25.4. The second kappa shape index (κ2) is 22.0. The summed E-state index contributed by atoms with van der Waals surface area (Å²) in [4.78, 5) is 59.9. The highest BCUT2D eigenvalue weighted by molar-refractivity contribution is 6.25. The number of para-hydroxylation sites is 1. The SMILES string of the molecule is N#Cc1cnc(NCc2ccccc2OC(F)(F)F)nc1NCC12CC3C[C@H](C1)C(NCCOCCOCCOCCOCCNc1cccc4c1C(=O)N(C1CCC(=O)NC1=O)C4=O)[C@@H](C3)C2. The first-order valence-corrected chi connectivity index (χ1v) is 23.1. The number of fused-ring (bicyclic) bond motifs is 1. The largest absolute Gasteiger partial charge is 0.573 e. The predicted octanol–water partition coefficient (Wildman–Crippen LogP) is 4.64. The van der Waals surface area contributed by atoms with Crippen LogP contribution < -0.4 is 31.3 Å². The molecule has 21 heteroatoms. The van der Waals surface area contributed by atoms with Crippen molar-refractivity contribution in [1.82, 2.24) is 25.5 Å². The minimum Gasteiger partial charge on any atom is -0.405 e. The predicted molar refractivity (Wildman–Crippen MR) is 238 cm³/mol. The Labute approximate surface area is 391 Å². The lowest BCUT2D eigenvalue weighted by Crippen LogP contribution is -2.60. The van der Waals surface area contributed by atoms with Crippen LogP contribution in [0.3, 0.4) is 0 Å². The van der Waals surface area contributed by atoms with Gasteiger partial charge in [-0.1, -0.05) is 24.3 Å². The summed E-state index contributed by atoms with van der Waals surface area (Å²) in [5.41, 5.74) is 1.54. The normalized spacial score (nSPS) is 23.9. The first-order valence-electron chi connectivity index (χ1n) is 23.1. The average Bonchev–Trinajstić information content (AvgIpc) is 3.56. The number of nitriles is 1. The van der Waals surface area contributed by atoms with Crippen LogP contribution in [0.5, 0.6) is 5.75 Å². The summed E-state index contributed by atoms with van der Waals surface area (Å²) in [6.07, 6.45) is 2.39. The third kappa shape index (κ3) is 11.8.